The van der Waals surface area contributed by atoms with Crippen LogP contribution in [-0.2, 0) is 13.6 Å². The molecule has 0 aliphatic carbocycles. The third-order valence-electron chi connectivity index (χ3n) is 2.82. The van der Waals surface area contributed by atoms with E-state index in [0.29, 0.717) is 6.54 Å². The van der Waals surface area contributed by atoms with E-state index in [0.717, 1.165) is 27.2 Å². The maximum absolute atomic E-state index is 5.55. The molecule has 1 aromatic carbocycles. The van der Waals surface area contributed by atoms with Gasteiger partial charge in [-0.1, -0.05) is 21.9 Å². The minimum Gasteiger partial charge on any atom is -0.481 e. The predicted octanol–water partition coefficient (Wildman–Crippen LogP) is 3.12. The number of halogens is 1. The third kappa shape index (κ3) is 3.55. The van der Waals surface area contributed by atoms with Gasteiger partial charge in [-0.25, -0.2) is 0 Å². The van der Waals surface area contributed by atoms with E-state index in [1.165, 1.54) is 0 Å². The van der Waals surface area contributed by atoms with Gasteiger partial charge in [0.1, 0.15) is 12.4 Å². The summed E-state index contributed by atoms with van der Waals surface area (Å²) in [5.41, 5.74) is 3.02. The van der Waals surface area contributed by atoms with Crippen LogP contribution in [0, 0.1) is 19.3 Å². The van der Waals surface area contributed by atoms with E-state index in [1.54, 1.807) is 4.68 Å². The minimum atomic E-state index is 0.264. The Kier molecular flexibility index (Phi) is 4.70. The van der Waals surface area contributed by atoms with Crippen LogP contribution in [-0.4, -0.2) is 16.4 Å². The molecule has 0 aliphatic heterocycles. The largest absolute Gasteiger partial charge is 0.481 e. The van der Waals surface area contributed by atoms with Gasteiger partial charge in [0, 0.05) is 29.8 Å². The molecule has 0 unspecified atom stereocenters. The van der Waals surface area contributed by atoms with Crippen molar-refractivity contribution in [2.45, 2.75) is 13.5 Å². The summed E-state index contributed by atoms with van der Waals surface area (Å²) in [6.07, 6.45) is 7.19. The van der Waals surface area contributed by atoms with Crippen LogP contribution in [0.25, 0.3) is 0 Å². The van der Waals surface area contributed by atoms with Gasteiger partial charge < -0.3 is 10.1 Å². The van der Waals surface area contributed by atoms with E-state index in [4.69, 9.17) is 11.2 Å². The monoisotopic (exact) mass is 333 g/mol. The van der Waals surface area contributed by atoms with Crippen LogP contribution in [0.3, 0.4) is 0 Å². The smallest absolute Gasteiger partial charge is 0.148 e. The van der Waals surface area contributed by atoms with E-state index in [9.17, 15) is 0 Å². The van der Waals surface area contributed by atoms with Gasteiger partial charge in [-0.15, -0.1) is 6.42 Å². The highest BCUT2D eigenvalue weighted by atomic mass is 79.9. The molecule has 0 saturated carbocycles. The van der Waals surface area contributed by atoms with E-state index in [1.807, 2.05) is 38.4 Å². The Hall–Kier alpha value is -1.93. The first-order valence-electron chi connectivity index (χ1n) is 6.19. The number of hydrogen-bond donors (Lipinski definition) is 1. The van der Waals surface area contributed by atoms with Crippen LogP contribution in [0.1, 0.15) is 11.3 Å². The molecule has 0 saturated heterocycles. The first-order chi connectivity index (χ1) is 9.60. The molecule has 0 radical (unpaired) electrons. The van der Waals surface area contributed by atoms with Crippen molar-refractivity contribution in [3.63, 3.8) is 0 Å². The van der Waals surface area contributed by atoms with Crippen LogP contribution in [0.5, 0.6) is 5.75 Å². The van der Waals surface area contributed by atoms with Crippen molar-refractivity contribution < 1.29 is 4.74 Å². The fourth-order valence-corrected chi connectivity index (χ4v) is 2.32. The molecule has 2 rings (SSSR count). The second kappa shape index (κ2) is 6.49. The number of nitrogens with one attached hydrogen (secondary N) is 1. The zero-order chi connectivity index (χ0) is 14.5. The summed E-state index contributed by atoms with van der Waals surface area (Å²) < 4.78 is 8.34. The van der Waals surface area contributed by atoms with Gasteiger partial charge in [0.2, 0.25) is 0 Å². The topological polar surface area (TPSA) is 39.1 Å². The molecule has 0 aliphatic rings. The first kappa shape index (κ1) is 14.5. The quantitative estimate of drug-likeness (QED) is 0.854. The van der Waals surface area contributed by atoms with Crippen LogP contribution in [0.15, 0.2) is 28.9 Å². The first-order valence-corrected chi connectivity index (χ1v) is 6.98. The molecule has 1 heterocycles. The average molecular weight is 334 g/mol. The molecule has 0 spiro atoms. The number of rotatable bonds is 5. The van der Waals surface area contributed by atoms with Crippen molar-refractivity contribution in [1.29, 1.82) is 0 Å². The maximum Gasteiger partial charge on any atom is 0.148 e. The van der Waals surface area contributed by atoms with Gasteiger partial charge in [-0.05, 0) is 25.1 Å². The number of benzene rings is 1. The number of aryl methyl sites for hydroxylation is 2. The Balaban J connectivity index is 2.13. The number of hydrogen-bond acceptors (Lipinski definition) is 3. The molecule has 104 valence electrons. The molecular formula is C15H16BrN3O. The van der Waals surface area contributed by atoms with E-state index < -0.39 is 0 Å². The zero-order valence-electron chi connectivity index (χ0n) is 11.5. The second-order valence-corrected chi connectivity index (χ2v) is 5.32. The van der Waals surface area contributed by atoms with Crippen molar-refractivity contribution in [2.24, 2.45) is 7.05 Å². The standard InChI is InChI=1S/C15H16BrN3O/c1-4-7-20-15-6-5-13(16)8-12(15)9-17-14-10-19(3)18-11(14)2/h1,5-6,8,10,17H,7,9H2,2-3H3. The highest BCUT2D eigenvalue weighted by molar-refractivity contribution is 9.10. The van der Waals surface area contributed by atoms with Crippen LogP contribution >= 0.6 is 15.9 Å². The molecule has 5 heteroatoms. The summed E-state index contributed by atoms with van der Waals surface area (Å²) in [7, 11) is 1.90. The zero-order valence-corrected chi connectivity index (χ0v) is 13.1. The summed E-state index contributed by atoms with van der Waals surface area (Å²) in [6.45, 7) is 2.88. The number of terminal acetylenes is 1. The van der Waals surface area contributed by atoms with Crippen LogP contribution in [0.4, 0.5) is 5.69 Å². The van der Waals surface area contributed by atoms with E-state index >= 15 is 0 Å². The molecule has 0 fully saturated rings. The Bertz CT molecular complexity index is 643. The Morgan fingerprint density at radius 1 is 1.50 bits per heavy atom. The Morgan fingerprint density at radius 3 is 2.95 bits per heavy atom. The summed E-state index contributed by atoms with van der Waals surface area (Å²) in [6, 6.07) is 5.86. The van der Waals surface area contributed by atoms with Crippen LogP contribution in [0.2, 0.25) is 0 Å². The molecular weight excluding hydrogens is 318 g/mol. The lowest BCUT2D eigenvalue weighted by molar-refractivity contribution is 0.366. The second-order valence-electron chi connectivity index (χ2n) is 4.40. The lowest BCUT2D eigenvalue weighted by atomic mass is 10.2. The van der Waals surface area contributed by atoms with Crippen molar-refractivity contribution in [2.75, 3.05) is 11.9 Å². The molecule has 20 heavy (non-hydrogen) atoms. The highest BCUT2D eigenvalue weighted by Crippen LogP contribution is 2.24. The van der Waals surface area contributed by atoms with Gasteiger partial charge >= 0.3 is 0 Å². The van der Waals surface area contributed by atoms with Crippen molar-refractivity contribution in [3.05, 3.63) is 40.1 Å². The fraction of sp³-hybridized carbons (Fsp3) is 0.267. The molecule has 4 nitrogen and oxygen atoms in total. The Labute approximate surface area is 127 Å². The summed E-state index contributed by atoms with van der Waals surface area (Å²) in [4.78, 5) is 0. The average Bonchev–Trinajstić information content (AvgIpc) is 2.73. The van der Waals surface area contributed by atoms with Gasteiger partial charge in [0.05, 0.1) is 11.4 Å². The molecule has 0 bridgehead atoms. The summed E-state index contributed by atoms with van der Waals surface area (Å²) in [5.74, 6) is 3.27. The fourth-order valence-electron chi connectivity index (χ4n) is 1.91. The maximum atomic E-state index is 5.55. The molecule has 2 aromatic rings. The summed E-state index contributed by atoms with van der Waals surface area (Å²) >= 11 is 3.47. The lowest BCUT2D eigenvalue weighted by Gasteiger charge is -2.11. The van der Waals surface area contributed by atoms with Crippen molar-refractivity contribution in [1.82, 2.24) is 9.78 Å². The predicted molar refractivity (Wildman–Crippen MR) is 83.7 cm³/mol. The van der Waals surface area contributed by atoms with Gasteiger partial charge in [0.25, 0.3) is 0 Å². The number of aromatic nitrogens is 2. The van der Waals surface area contributed by atoms with Gasteiger partial charge in [-0.2, -0.15) is 5.10 Å². The van der Waals surface area contributed by atoms with Gasteiger partial charge in [-0.3, -0.25) is 4.68 Å². The SMILES string of the molecule is C#CCOc1ccc(Br)cc1CNc1cn(C)nc1C. The summed E-state index contributed by atoms with van der Waals surface area (Å²) in [5, 5.41) is 7.66. The minimum absolute atomic E-state index is 0.264. The van der Waals surface area contributed by atoms with E-state index in [2.05, 4.69) is 32.3 Å². The van der Waals surface area contributed by atoms with Gasteiger partial charge in [0.15, 0.2) is 0 Å². The molecule has 0 atom stereocenters. The normalized spacial score (nSPS) is 10.1. The van der Waals surface area contributed by atoms with E-state index in [-0.39, 0.29) is 6.61 Å². The number of anilines is 1. The molecule has 0 amide bonds. The number of ether oxygens (including phenoxy) is 1. The lowest BCUT2D eigenvalue weighted by Crippen LogP contribution is -2.04. The Morgan fingerprint density at radius 2 is 2.30 bits per heavy atom. The molecule has 1 N–H and O–H groups in total. The van der Waals surface area contributed by atoms with Crippen LogP contribution < -0.4 is 10.1 Å². The van der Waals surface area contributed by atoms with Crippen molar-refractivity contribution in [3.8, 4) is 18.1 Å². The highest BCUT2D eigenvalue weighted by Gasteiger charge is 2.07. The van der Waals surface area contributed by atoms with Crippen molar-refractivity contribution >= 4 is 21.6 Å². The molecule has 1 aromatic heterocycles. The third-order valence-corrected chi connectivity index (χ3v) is 3.31. The number of nitrogens with zero attached hydrogens (tertiary/aromatic N) is 2.